The van der Waals surface area contributed by atoms with Gasteiger partial charge in [-0.05, 0) is 31.5 Å². The zero-order chi connectivity index (χ0) is 15.1. The van der Waals surface area contributed by atoms with E-state index in [1.807, 2.05) is 0 Å². The number of pyridine rings is 1. The zero-order valence-electron chi connectivity index (χ0n) is 11.5. The van der Waals surface area contributed by atoms with Crippen LogP contribution in [0.5, 0.6) is 0 Å². The van der Waals surface area contributed by atoms with Crippen LogP contribution in [0.3, 0.4) is 0 Å². The van der Waals surface area contributed by atoms with Crippen LogP contribution in [0.4, 0.5) is 4.79 Å². The Hall–Kier alpha value is -2.15. The van der Waals surface area contributed by atoms with Crippen LogP contribution in [0.15, 0.2) is 24.5 Å². The highest BCUT2D eigenvalue weighted by molar-refractivity contribution is 5.83. The average Bonchev–Trinajstić information content (AvgIpc) is 2.42. The lowest BCUT2D eigenvalue weighted by Crippen LogP contribution is -2.52. The van der Waals surface area contributed by atoms with Crippen LogP contribution in [0, 0.1) is 0 Å². The number of aliphatic carboxylic acids is 1. The van der Waals surface area contributed by atoms with Crippen LogP contribution in [-0.4, -0.2) is 50.8 Å². The van der Waals surface area contributed by atoms with Crippen LogP contribution < -0.4 is 5.32 Å². The van der Waals surface area contributed by atoms with Crippen molar-refractivity contribution in [1.29, 1.82) is 0 Å². The molecule has 1 aromatic heterocycles. The number of amides is 2. The first-order chi connectivity index (χ1) is 9.45. The van der Waals surface area contributed by atoms with Gasteiger partial charge in [0.25, 0.3) is 0 Å². The van der Waals surface area contributed by atoms with E-state index in [9.17, 15) is 14.7 Å². The van der Waals surface area contributed by atoms with E-state index >= 15 is 0 Å². The Morgan fingerprint density at radius 2 is 2.00 bits per heavy atom. The number of hydrogen-bond acceptors (Lipinski definition) is 4. The van der Waals surface area contributed by atoms with Crippen molar-refractivity contribution >= 4 is 12.0 Å². The van der Waals surface area contributed by atoms with E-state index in [4.69, 9.17) is 5.11 Å². The first-order valence-electron chi connectivity index (χ1n) is 6.31. The number of hydrogen-bond donors (Lipinski definition) is 3. The molecule has 7 heteroatoms. The number of aromatic nitrogens is 1. The molecule has 0 saturated carbocycles. The highest BCUT2D eigenvalue weighted by atomic mass is 16.4. The summed E-state index contributed by atoms with van der Waals surface area (Å²) < 4.78 is 0. The molecule has 7 nitrogen and oxygen atoms in total. The van der Waals surface area contributed by atoms with Crippen LogP contribution in [-0.2, 0) is 11.3 Å². The molecule has 0 spiro atoms. The van der Waals surface area contributed by atoms with Gasteiger partial charge in [-0.15, -0.1) is 0 Å². The zero-order valence-corrected chi connectivity index (χ0v) is 11.5. The van der Waals surface area contributed by atoms with Gasteiger partial charge in [0.1, 0.15) is 0 Å². The molecule has 1 heterocycles. The second-order valence-electron chi connectivity index (χ2n) is 4.38. The molecule has 2 amide bonds. The van der Waals surface area contributed by atoms with E-state index in [1.165, 1.54) is 11.8 Å². The number of rotatable bonds is 6. The predicted octanol–water partition coefficient (Wildman–Crippen LogP) is 0.447. The van der Waals surface area contributed by atoms with Crippen LogP contribution in [0.25, 0.3) is 0 Å². The maximum Gasteiger partial charge on any atom is 0.328 e. The van der Waals surface area contributed by atoms with Crippen molar-refractivity contribution in [1.82, 2.24) is 15.2 Å². The van der Waals surface area contributed by atoms with Crippen LogP contribution >= 0.6 is 0 Å². The number of urea groups is 1. The van der Waals surface area contributed by atoms with E-state index in [-0.39, 0.29) is 0 Å². The summed E-state index contributed by atoms with van der Waals surface area (Å²) in [7, 11) is 0. The van der Waals surface area contributed by atoms with Crippen molar-refractivity contribution < 1.29 is 19.8 Å². The van der Waals surface area contributed by atoms with Gasteiger partial charge in [0, 0.05) is 25.5 Å². The number of nitrogens with zero attached hydrogens (tertiary/aromatic N) is 2. The molecule has 0 aliphatic carbocycles. The molecule has 0 bridgehead atoms. The first kappa shape index (κ1) is 15.9. The highest BCUT2D eigenvalue weighted by Gasteiger charge is 2.26. The summed E-state index contributed by atoms with van der Waals surface area (Å²) in [5.41, 5.74) is 0.890. The molecule has 1 rings (SSSR count). The summed E-state index contributed by atoms with van der Waals surface area (Å²) in [6.45, 7) is 3.87. The quantitative estimate of drug-likeness (QED) is 0.702. The number of carboxylic acids is 1. The molecule has 0 fully saturated rings. The smallest absolute Gasteiger partial charge is 0.328 e. The molecule has 0 aliphatic heterocycles. The van der Waals surface area contributed by atoms with Gasteiger partial charge in [-0.2, -0.15) is 0 Å². The third kappa shape index (κ3) is 4.51. The van der Waals surface area contributed by atoms with Crippen LogP contribution in [0.2, 0.25) is 0 Å². The van der Waals surface area contributed by atoms with Gasteiger partial charge in [-0.3, -0.25) is 4.98 Å². The predicted molar refractivity (Wildman–Crippen MR) is 72.0 cm³/mol. The van der Waals surface area contributed by atoms with E-state index in [1.54, 1.807) is 31.5 Å². The lowest BCUT2D eigenvalue weighted by atomic mass is 10.2. The van der Waals surface area contributed by atoms with Crippen molar-refractivity contribution in [3.63, 3.8) is 0 Å². The van der Waals surface area contributed by atoms with Gasteiger partial charge >= 0.3 is 12.0 Å². The SMILES string of the molecule is CCN(Cc1ccncc1)C(=O)N[C@H](C(=O)O)[C@@H](C)O. The van der Waals surface area contributed by atoms with Crippen LogP contribution in [0.1, 0.15) is 19.4 Å². The number of aliphatic hydroxyl groups is 1. The van der Waals surface area contributed by atoms with Crippen molar-refractivity contribution in [3.8, 4) is 0 Å². The Kier molecular flexibility index (Phi) is 5.92. The summed E-state index contributed by atoms with van der Waals surface area (Å²) in [5, 5.41) is 20.6. The second-order valence-corrected chi connectivity index (χ2v) is 4.38. The first-order valence-corrected chi connectivity index (χ1v) is 6.31. The van der Waals surface area contributed by atoms with Gasteiger partial charge in [0.2, 0.25) is 0 Å². The van der Waals surface area contributed by atoms with E-state index < -0.39 is 24.1 Å². The van der Waals surface area contributed by atoms with E-state index in [2.05, 4.69) is 10.3 Å². The maximum absolute atomic E-state index is 12.0. The molecule has 0 radical (unpaired) electrons. The number of aliphatic hydroxyl groups excluding tert-OH is 1. The Bertz CT molecular complexity index is 450. The maximum atomic E-state index is 12.0. The Morgan fingerprint density at radius 3 is 2.45 bits per heavy atom. The van der Waals surface area contributed by atoms with Crippen molar-refractivity contribution in [2.45, 2.75) is 32.5 Å². The van der Waals surface area contributed by atoms with E-state index in [0.717, 1.165) is 5.56 Å². The average molecular weight is 281 g/mol. The number of carboxylic acid groups (broad SMARTS) is 1. The van der Waals surface area contributed by atoms with Crippen molar-refractivity contribution in [3.05, 3.63) is 30.1 Å². The Morgan fingerprint density at radius 1 is 1.40 bits per heavy atom. The number of carbonyl (C=O) groups is 2. The fraction of sp³-hybridized carbons (Fsp3) is 0.462. The summed E-state index contributed by atoms with van der Waals surface area (Å²) in [5.74, 6) is -1.27. The standard InChI is InChI=1S/C13H19N3O4/c1-3-16(8-10-4-6-14-7-5-10)13(20)15-11(9(2)17)12(18)19/h4-7,9,11,17H,3,8H2,1-2H3,(H,15,20)(H,18,19)/t9-,11+/m1/s1. The topological polar surface area (TPSA) is 103 Å². The fourth-order valence-corrected chi connectivity index (χ4v) is 1.65. The third-order valence-electron chi connectivity index (χ3n) is 2.82. The summed E-state index contributed by atoms with van der Waals surface area (Å²) in [6.07, 6.45) is 2.07. The lowest BCUT2D eigenvalue weighted by molar-refractivity contribution is -0.141. The van der Waals surface area contributed by atoms with Gasteiger partial charge in [0.15, 0.2) is 6.04 Å². The molecule has 20 heavy (non-hydrogen) atoms. The molecule has 2 atom stereocenters. The molecule has 0 aromatic carbocycles. The molecular weight excluding hydrogens is 262 g/mol. The highest BCUT2D eigenvalue weighted by Crippen LogP contribution is 2.04. The number of nitrogens with one attached hydrogen (secondary N) is 1. The summed E-state index contributed by atoms with van der Waals surface area (Å²) in [4.78, 5) is 28.3. The summed E-state index contributed by atoms with van der Waals surface area (Å²) >= 11 is 0. The second kappa shape index (κ2) is 7.44. The van der Waals surface area contributed by atoms with Gasteiger partial charge in [-0.1, -0.05) is 0 Å². The summed E-state index contributed by atoms with van der Waals surface area (Å²) in [6, 6.07) is 1.70. The van der Waals surface area contributed by atoms with E-state index in [0.29, 0.717) is 13.1 Å². The van der Waals surface area contributed by atoms with Crippen molar-refractivity contribution in [2.75, 3.05) is 6.54 Å². The Labute approximate surface area is 117 Å². The monoisotopic (exact) mass is 281 g/mol. The minimum Gasteiger partial charge on any atom is -0.480 e. The molecule has 3 N–H and O–H groups in total. The minimum absolute atomic E-state index is 0.344. The largest absolute Gasteiger partial charge is 0.480 e. The molecule has 1 aromatic rings. The molecule has 0 saturated heterocycles. The van der Waals surface area contributed by atoms with Gasteiger partial charge < -0.3 is 20.4 Å². The van der Waals surface area contributed by atoms with Crippen molar-refractivity contribution in [2.24, 2.45) is 0 Å². The molecule has 0 unspecified atom stereocenters. The van der Waals surface area contributed by atoms with Gasteiger partial charge in [0.05, 0.1) is 6.10 Å². The Balaban J connectivity index is 2.69. The lowest BCUT2D eigenvalue weighted by Gasteiger charge is -2.25. The molecule has 110 valence electrons. The van der Waals surface area contributed by atoms with Gasteiger partial charge in [-0.25, -0.2) is 9.59 Å². The third-order valence-corrected chi connectivity index (χ3v) is 2.82. The molecular formula is C13H19N3O4. The number of carbonyl (C=O) groups excluding carboxylic acids is 1. The normalized spacial score (nSPS) is 13.3. The fourth-order valence-electron chi connectivity index (χ4n) is 1.65. The minimum atomic E-state index is -1.33. The molecule has 0 aliphatic rings.